The standard InChI is InChI=1S/C11H9Cl2N3O/c1-5-4-7(11(17)16-14)6-2-3-8(12)9(13)10(6)15-5/h2-4H,14H2,1H3,(H,16,17). The highest BCUT2D eigenvalue weighted by Gasteiger charge is 2.14. The number of hydrogen-bond acceptors (Lipinski definition) is 3. The molecule has 0 saturated heterocycles. The summed E-state index contributed by atoms with van der Waals surface area (Å²) >= 11 is 12.0. The van der Waals surface area contributed by atoms with Gasteiger partial charge in [0.1, 0.15) is 0 Å². The van der Waals surface area contributed by atoms with Crippen LogP contribution in [0.15, 0.2) is 18.2 Å². The summed E-state index contributed by atoms with van der Waals surface area (Å²) in [5.74, 6) is 4.74. The van der Waals surface area contributed by atoms with Gasteiger partial charge in [0.15, 0.2) is 0 Å². The molecule has 0 spiro atoms. The molecule has 4 nitrogen and oxygen atoms in total. The van der Waals surface area contributed by atoms with Gasteiger partial charge in [-0.1, -0.05) is 29.3 Å². The van der Waals surface area contributed by atoms with Crippen molar-refractivity contribution in [1.29, 1.82) is 0 Å². The summed E-state index contributed by atoms with van der Waals surface area (Å²) < 4.78 is 0. The van der Waals surface area contributed by atoms with E-state index in [1.165, 1.54) is 0 Å². The minimum atomic E-state index is -0.390. The van der Waals surface area contributed by atoms with Crippen molar-refractivity contribution in [3.05, 3.63) is 39.5 Å². The third-order valence-electron chi connectivity index (χ3n) is 2.38. The molecule has 3 N–H and O–H groups in total. The third kappa shape index (κ3) is 2.07. The molecule has 1 heterocycles. The Balaban J connectivity index is 2.86. The first kappa shape index (κ1) is 12.1. The first-order chi connectivity index (χ1) is 8.04. The molecule has 0 atom stereocenters. The van der Waals surface area contributed by atoms with Crippen LogP contribution in [0.25, 0.3) is 10.9 Å². The van der Waals surface area contributed by atoms with E-state index in [9.17, 15) is 4.79 Å². The number of nitrogen functional groups attached to an aromatic ring is 1. The fourth-order valence-electron chi connectivity index (χ4n) is 1.63. The van der Waals surface area contributed by atoms with Crippen molar-refractivity contribution in [3.63, 3.8) is 0 Å². The minimum Gasteiger partial charge on any atom is -0.290 e. The Morgan fingerprint density at radius 3 is 2.76 bits per heavy atom. The first-order valence-electron chi connectivity index (χ1n) is 4.81. The molecule has 0 unspecified atom stereocenters. The van der Waals surface area contributed by atoms with Gasteiger partial charge in [-0.2, -0.15) is 0 Å². The Hall–Kier alpha value is -1.36. The monoisotopic (exact) mass is 269 g/mol. The number of benzene rings is 1. The zero-order valence-corrected chi connectivity index (χ0v) is 10.4. The van der Waals surface area contributed by atoms with Crippen molar-refractivity contribution in [1.82, 2.24) is 10.4 Å². The molecule has 0 aliphatic heterocycles. The number of nitrogens with two attached hydrogens (primary N) is 1. The van der Waals surface area contributed by atoms with Crippen LogP contribution in [0.3, 0.4) is 0 Å². The van der Waals surface area contributed by atoms with Gasteiger partial charge in [0, 0.05) is 11.1 Å². The van der Waals surface area contributed by atoms with E-state index in [0.29, 0.717) is 32.2 Å². The SMILES string of the molecule is Cc1cc(C(=O)NN)c2ccc(Cl)c(Cl)c2n1. The lowest BCUT2D eigenvalue weighted by Crippen LogP contribution is -2.30. The molecule has 0 bridgehead atoms. The summed E-state index contributed by atoms with van der Waals surface area (Å²) in [4.78, 5) is 15.9. The highest BCUT2D eigenvalue weighted by atomic mass is 35.5. The molecule has 1 amide bonds. The maximum Gasteiger partial charge on any atom is 0.265 e. The molecule has 2 aromatic rings. The maximum absolute atomic E-state index is 11.6. The number of fused-ring (bicyclic) bond motifs is 1. The van der Waals surface area contributed by atoms with Gasteiger partial charge in [0.2, 0.25) is 0 Å². The number of hydrogen-bond donors (Lipinski definition) is 2. The van der Waals surface area contributed by atoms with E-state index in [0.717, 1.165) is 0 Å². The smallest absolute Gasteiger partial charge is 0.265 e. The van der Waals surface area contributed by atoms with Crippen LogP contribution in [0.4, 0.5) is 0 Å². The number of aromatic nitrogens is 1. The number of hydrazine groups is 1. The third-order valence-corrected chi connectivity index (χ3v) is 3.17. The summed E-state index contributed by atoms with van der Waals surface area (Å²) in [7, 11) is 0. The molecular weight excluding hydrogens is 261 g/mol. The predicted molar refractivity (Wildman–Crippen MR) is 68.2 cm³/mol. The number of pyridine rings is 1. The normalized spacial score (nSPS) is 10.6. The second kappa shape index (κ2) is 4.49. The topological polar surface area (TPSA) is 68.0 Å². The van der Waals surface area contributed by atoms with Gasteiger partial charge in [0.05, 0.1) is 21.1 Å². The lowest BCUT2D eigenvalue weighted by atomic mass is 10.1. The van der Waals surface area contributed by atoms with Gasteiger partial charge in [-0.15, -0.1) is 0 Å². The van der Waals surface area contributed by atoms with Crippen molar-refractivity contribution in [2.24, 2.45) is 5.84 Å². The highest BCUT2D eigenvalue weighted by molar-refractivity contribution is 6.45. The van der Waals surface area contributed by atoms with Crippen LogP contribution in [0.5, 0.6) is 0 Å². The second-order valence-corrected chi connectivity index (χ2v) is 4.33. The zero-order valence-electron chi connectivity index (χ0n) is 8.92. The largest absolute Gasteiger partial charge is 0.290 e. The van der Waals surface area contributed by atoms with Gasteiger partial charge in [-0.05, 0) is 19.1 Å². The summed E-state index contributed by atoms with van der Waals surface area (Å²) in [5, 5.41) is 1.35. The van der Waals surface area contributed by atoms with Crippen molar-refractivity contribution < 1.29 is 4.79 Å². The van der Waals surface area contributed by atoms with Gasteiger partial charge in [-0.25, -0.2) is 5.84 Å². The van der Waals surface area contributed by atoms with Crippen LogP contribution in [0.2, 0.25) is 10.0 Å². The predicted octanol–water partition coefficient (Wildman–Crippen LogP) is 2.45. The summed E-state index contributed by atoms with van der Waals surface area (Å²) in [5.41, 5.74) is 3.68. The summed E-state index contributed by atoms with van der Waals surface area (Å²) in [6.45, 7) is 1.77. The molecule has 1 aromatic carbocycles. The van der Waals surface area contributed by atoms with Crippen molar-refractivity contribution in [3.8, 4) is 0 Å². The molecule has 0 saturated carbocycles. The number of carbonyl (C=O) groups excluding carboxylic acids is 1. The van der Waals surface area contributed by atoms with Crippen molar-refractivity contribution in [2.75, 3.05) is 0 Å². The van der Waals surface area contributed by atoms with E-state index in [4.69, 9.17) is 29.0 Å². The molecule has 0 aliphatic rings. The van der Waals surface area contributed by atoms with Gasteiger partial charge in [0.25, 0.3) is 5.91 Å². The van der Waals surface area contributed by atoms with Gasteiger partial charge >= 0.3 is 0 Å². The van der Waals surface area contributed by atoms with Gasteiger partial charge in [-0.3, -0.25) is 15.2 Å². The van der Waals surface area contributed by atoms with Crippen LogP contribution >= 0.6 is 23.2 Å². The lowest BCUT2D eigenvalue weighted by molar-refractivity contribution is 0.0955. The second-order valence-electron chi connectivity index (χ2n) is 3.54. The lowest BCUT2D eigenvalue weighted by Gasteiger charge is -2.08. The van der Waals surface area contributed by atoms with Crippen LogP contribution in [0.1, 0.15) is 16.1 Å². The minimum absolute atomic E-state index is 0.332. The van der Waals surface area contributed by atoms with E-state index in [1.54, 1.807) is 25.1 Å². The Bertz CT molecular complexity index is 613. The number of carbonyl (C=O) groups is 1. The average Bonchev–Trinajstić information content (AvgIpc) is 2.32. The fraction of sp³-hybridized carbons (Fsp3) is 0.0909. The number of amides is 1. The number of nitrogens with one attached hydrogen (secondary N) is 1. The van der Waals surface area contributed by atoms with Crippen LogP contribution in [-0.2, 0) is 0 Å². The van der Waals surface area contributed by atoms with E-state index < -0.39 is 0 Å². The van der Waals surface area contributed by atoms with Crippen LogP contribution in [-0.4, -0.2) is 10.9 Å². The molecule has 2 rings (SSSR count). The first-order valence-corrected chi connectivity index (χ1v) is 5.56. The van der Waals surface area contributed by atoms with Crippen LogP contribution < -0.4 is 11.3 Å². The van der Waals surface area contributed by atoms with E-state index >= 15 is 0 Å². The number of aryl methyl sites for hydroxylation is 1. The molecule has 6 heteroatoms. The molecule has 0 radical (unpaired) electrons. The molecule has 0 aliphatic carbocycles. The number of halogens is 2. The Morgan fingerprint density at radius 2 is 2.12 bits per heavy atom. The quantitative estimate of drug-likeness (QED) is 0.475. The van der Waals surface area contributed by atoms with Crippen LogP contribution in [0, 0.1) is 6.92 Å². The molecule has 1 aromatic heterocycles. The molecule has 17 heavy (non-hydrogen) atoms. The molecular formula is C11H9Cl2N3O. The summed E-state index contributed by atoms with van der Waals surface area (Å²) in [6.07, 6.45) is 0. The Morgan fingerprint density at radius 1 is 1.41 bits per heavy atom. The molecule has 88 valence electrons. The zero-order chi connectivity index (χ0) is 12.6. The Labute approximate surface area is 108 Å². The average molecular weight is 270 g/mol. The van der Waals surface area contributed by atoms with Gasteiger partial charge < -0.3 is 0 Å². The number of rotatable bonds is 1. The van der Waals surface area contributed by atoms with Crippen molar-refractivity contribution >= 4 is 40.0 Å². The number of nitrogens with zero attached hydrogens (tertiary/aromatic N) is 1. The van der Waals surface area contributed by atoms with E-state index in [-0.39, 0.29) is 5.91 Å². The maximum atomic E-state index is 11.6. The Kier molecular flexibility index (Phi) is 3.19. The van der Waals surface area contributed by atoms with E-state index in [1.807, 2.05) is 0 Å². The highest BCUT2D eigenvalue weighted by Crippen LogP contribution is 2.31. The van der Waals surface area contributed by atoms with E-state index in [2.05, 4.69) is 10.4 Å². The fourth-order valence-corrected chi connectivity index (χ4v) is 1.99. The summed E-state index contributed by atoms with van der Waals surface area (Å²) in [6, 6.07) is 4.96. The molecule has 0 fully saturated rings. The van der Waals surface area contributed by atoms with Crippen molar-refractivity contribution in [2.45, 2.75) is 6.92 Å².